The summed E-state index contributed by atoms with van der Waals surface area (Å²) in [7, 11) is 0. The largest absolute Gasteiger partial charge is 0.480 e. The number of urea groups is 1. The minimum atomic E-state index is -0.982. The second-order valence-corrected chi connectivity index (χ2v) is 6.78. The predicted octanol–water partition coefficient (Wildman–Crippen LogP) is 2.93. The van der Waals surface area contributed by atoms with Crippen molar-refractivity contribution in [3.63, 3.8) is 0 Å². The Morgan fingerprint density at radius 3 is 2.63 bits per heavy atom. The highest BCUT2D eigenvalue weighted by atomic mass is 16.4. The summed E-state index contributed by atoms with van der Waals surface area (Å²) in [5, 5.41) is 13.6. The molecule has 138 valence electrons. The van der Waals surface area contributed by atoms with Crippen LogP contribution in [0.3, 0.4) is 0 Å². The van der Waals surface area contributed by atoms with Crippen molar-refractivity contribution >= 4 is 22.9 Å². The van der Waals surface area contributed by atoms with Gasteiger partial charge in [0.25, 0.3) is 0 Å². The average molecular weight is 363 g/mol. The number of benzene rings is 2. The molecule has 0 bridgehead atoms. The number of nitrogens with zero attached hydrogens (tertiary/aromatic N) is 1. The van der Waals surface area contributed by atoms with E-state index in [1.54, 1.807) is 0 Å². The Kier molecular flexibility index (Phi) is 4.54. The van der Waals surface area contributed by atoms with E-state index in [4.69, 9.17) is 0 Å². The van der Waals surface area contributed by atoms with Crippen molar-refractivity contribution in [2.24, 2.45) is 0 Å². The number of aromatic nitrogens is 1. The molecule has 0 spiro atoms. The van der Waals surface area contributed by atoms with Crippen LogP contribution in [0.15, 0.2) is 54.6 Å². The second-order valence-electron chi connectivity index (χ2n) is 6.78. The Labute approximate surface area is 156 Å². The lowest BCUT2D eigenvalue weighted by molar-refractivity contribution is -0.142. The molecule has 0 saturated heterocycles. The van der Waals surface area contributed by atoms with Gasteiger partial charge in [0.15, 0.2) is 0 Å². The van der Waals surface area contributed by atoms with Gasteiger partial charge < -0.3 is 20.3 Å². The van der Waals surface area contributed by atoms with Gasteiger partial charge in [0, 0.05) is 29.6 Å². The Balaban J connectivity index is 1.50. The molecule has 0 fully saturated rings. The summed E-state index contributed by atoms with van der Waals surface area (Å²) in [5.74, 6) is -0.982. The van der Waals surface area contributed by atoms with Crippen LogP contribution in [0.25, 0.3) is 10.9 Å². The average Bonchev–Trinajstić information content (AvgIpc) is 3.05. The van der Waals surface area contributed by atoms with Crippen LogP contribution in [0.2, 0.25) is 0 Å². The van der Waals surface area contributed by atoms with Crippen molar-refractivity contribution < 1.29 is 14.7 Å². The minimum absolute atomic E-state index is 0.262. The molecule has 1 aliphatic heterocycles. The molecule has 6 nitrogen and oxygen atoms in total. The van der Waals surface area contributed by atoms with Crippen molar-refractivity contribution in [2.45, 2.75) is 25.4 Å². The quantitative estimate of drug-likeness (QED) is 0.666. The van der Waals surface area contributed by atoms with Gasteiger partial charge in [-0.1, -0.05) is 48.5 Å². The lowest BCUT2D eigenvalue weighted by atomic mass is 9.97. The maximum absolute atomic E-state index is 12.7. The van der Waals surface area contributed by atoms with Gasteiger partial charge in [0.05, 0.1) is 6.54 Å². The number of hydrogen-bond acceptors (Lipinski definition) is 2. The van der Waals surface area contributed by atoms with E-state index in [0.29, 0.717) is 19.4 Å². The van der Waals surface area contributed by atoms with Crippen molar-refractivity contribution in [1.29, 1.82) is 0 Å². The lowest BCUT2D eigenvalue weighted by Crippen LogP contribution is -2.52. The van der Waals surface area contributed by atoms with E-state index in [0.717, 1.165) is 27.7 Å². The highest BCUT2D eigenvalue weighted by Crippen LogP contribution is 2.30. The molecule has 2 heterocycles. The molecule has 3 N–H and O–H groups in total. The van der Waals surface area contributed by atoms with Crippen molar-refractivity contribution in [1.82, 2.24) is 15.2 Å². The van der Waals surface area contributed by atoms with Gasteiger partial charge in [-0.05, 0) is 23.6 Å². The number of carboxylic acids is 1. The first-order valence-corrected chi connectivity index (χ1v) is 9.03. The van der Waals surface area contributed by atoms with Gasteiger partial charge in [-0.2, -0.15) is 0 Å². The van der Waals surface area contributed by atoms with Crippen LogP contribution in [0.5, 0.6) is 0 Å². The summed E-state index contributed by atoms with van der Waals surface area (Å²) in [6.45, 7) is 0.726. The number of aliphatic carboxylic acids is 1. The molecule has 3 aromatic rings. The summed E-state index contributed by atoms with van der Waals surface area (Å²) in [6.07, 6.45) is 1.01. The second kappa shape index (κ2) is 7.15. The molecule has 1 unspecified atom stereocenters. The molecule has 2 amide bonds. The first-order chi connectivity index (χ1) is 13.1. The highest BCUT2D eigenvalue weighted by molar-refractivity contribution is 5.89. The van der Waals surface area contributed by atoms with E-state index in [9.17, 15) is 14.7 Å². The first kappa shape index (κ1) is 17.1. The smallest absolute Gasteiger partial charge is 0.326 e. The maximum atomic E-state index is 12.7. The van der Waals surface area contributed by atoms with Crippen LogP contribution in [0.4, 0.5) is 4.79 Å². The Morgan fingerprint density at radius 1 is 1.11 bits per heavy atom. The molecular weight excluding hydrogens is 342 g/mol. The zero-order valence-electron chi connectivity index (χ0n) is 14.8. The van der Waals surface area contributed by atoms with Gasteiger partial charge >= 0.3 is 12.0 Å². The fourth-order valence-electron chi connectivity index (χ4n) is 3.70. The van der Waals surface area contributed by atoms with Crippen LogP contribution >= 0.6 is 0 Å². The zero-order valence-corrected chi connectivity index (χ0v) is 14.8. The third kappa shape index (κ3) is 3.38. The molecule has 27 heavy (non-hydrogen) atoms. The van der Waals surface area contributed by atoms with E-state index in [2.05, 4.69) is 10.3 Å². The minimum Gasteiger partial charge on any atom is -0.480 e. The molecule has 2 aromatic carbocycles. The summed E-state index contributed by atoms with van der Waals surface area (Å²) >= 11 is 0. The van der Waals surface area contributed by atoms with Gasteiger partial charge in [-0.25, -0.2) is 9.59 Å². The number of nitrogens with one attached hydrogen (secondary N) is 2. The number of carbonyl (C=O) groups is 2. The molecule has 0 aliphatic carbocycles. The van der Waals surface area contributed by atoms with E-state index >= 15 is 0 Å². The third-order valence-corrected chi connectivity index (χ3v) is 5.08. The molecule has 0 radical (unpaired) electrons. The van der Waals surface area contributed by atoms with Crippen molar-refractivity contribution in [2.75, 3.05) is 6.54 Å². The first-order valence-electron chi connectivity index (χ1n) is 9.03. The maximum Gasteiger partial charge on any atom is 0.326 e. The molecular formula is C21H21N3O3. The number of fused-ring (bicyclic) bond motifs is 3. The van der Waals surface area contributed by atoms with Crippen molar-refractivity contribution in [3.05, 3.63) is 71.4 Å². The van der Waals surface area contributed by atoms with E-state index in [1.807, 2.05) is 54.6 Å². The fraction of sp³-hybridized carbons (Fsp3) is 0.238. The number of para-hydroxylation sites is 1. The van der Waals surface area contributed by atoms with E-state index in [-0.39, 0.29) is 12.6 Å². The van der Waals surface area contributed by atoms with Gasteiger partial charge in [-0.3, -0.25) is 0 Å². The standard InChI is InChI=1S/C21H21N3O3/c25-20(26)19-12-16-15-8-4-5-9-17(15)23-18(16)13-24(19)21(27)22-11-10-14-6-2-1-3-7-14/h1-9,19,23H,10-13H2,(H,22,27)(H,25,26). The van der Waals surface area contributed by atoms with Crippen LogP contribution < -0.4 is 5.32 Å². The van der Waals surface area contributed by atoms with Crippen LogP contribution in [0, 0.1) is 0 Å². The van der Waals surface area contributed by atoms with Crippen LogP contribution in [0.1, 0.15) is 16.8 Å². The molecule has 1 aromatic heterocycles. The van der Waals surface area contributed by atoms with Gasteiger partial charge in [-0.15, -0.1) is 0 Å². The van der Waals surface area contributed by atoms with Gasteiger partial charge in [0.1, 0.15) is 6.04 Å². The SMILES string of the molecule is O=C(O)C1Cc2c([nH]c3ccccc23)CN1C(=O)NCCc1ccccc1. The third-order valence-electron chi connectivity index (χ3n) is 5.08. The van der Waals surface area contributed by atoms with Gasteiger partial charge in [0.2, 0.25) is 0 Å². The predicted molar refractivity (Wildman–Crippen MR) is 103 cm³/mol. The molecule has 0 saturated carbocycles. The van der Waals surface area contributed by atoms with Crippen molar-refractivity contribution in [3.8, 4) is 0 Å². The van der Waals surface area contributed by atoms with Crippen LogP contribution in [-0.4, -0.2) is 39.6 Å². The number of aromatic amines is 1. The number of carboxylic acid groups (broad SMARTS) is 1. The summed E-state index contributed by atoms with van der Waals surface area (Å²) in [6, 6.07) is 16.5. The molecule has 1 atom stereocenters. The number of hydrogen-bond donors (Lipinski definition) is 3. The zero-order chi connectivity index (χ0) is 18.8. The monoisotopic (exact) mass is 363 g/mol. The lowest BCUT2D eigenvalue weighted by Gasteiger charge is -2.33. The number of amides is 2. The number of carbonyl (C=O) groups excluding carboxylic acids is 1. The van der Waals surface area contributed by atoms with E-state index in [1.165, 1.54) is 4.90 Å². The summed E-state index contributed by atoms with van der Waals surface area (Å²) in [4.78, 5) is 29.2. The Morgan fingerprint density at radius 2 is 1.85 bits per heavy atom. The Bertz CT molecular complexity index is 981. The summed E-state index contributed by atoms with van der Waals surface area (Å²) in [5.41, 5.74) is 4.00. The highest BCUT2D eigenvalue weighted by Gasteiger charge is 2.36. The van der Waals surface area contributed by atoms with E-state index < -0.39 is 12.0 Å². The number of rotatable bonds is 4. The topological polar surface area (TPSA) is 85.4 Å². The molecule has 1 aliphatic rings. The Hall–Kier alpha value is -3.28. The number of H-pyrrole nitrogens is 1. The molecule has 4 rings (SSSR count). The normalized spacial score (nSPS) is 16.1. The fourth-order valence-corrected chi connectivity index (χ4v) is 3.70. The van der Waals surface area contributed by atoms with Crippen LogP contribution in [-0.2, 0) is 24.2 Å². The summed E-state index contributed by atoms with van der Waals surface area (Å²) < 4.78 is 0. The molecule has 6 heteroatoms.